The lowest BCUT2D eigenvalue weighted by molar-refractivity contribution is -0.126. The molecule has 106 valence electrons. The molecule has 0 bridgehead atoms. The summed E-state index contributed by atoms with van der Waals surface area (Å²) in [5.41, 5.74) is 5.76. The lowest BCUT2D eigenvalue weighted by Crippen LogP contribution is -2.50. The number of benzene rings is 1. The summed E-state index contributed by atoms with van der Waals surface area (Å²) in [5.74, 6) is -0.220. The molecule has 1 rings (SSSR count). The van der Waals surface area contributed by atoms with Crippen molar-refractivity contribution in [3.05, 3.63) is 29.8 Å². The van der Waals surface area contributed by atoms with Gasteiger partial charge in [-0.1, -0.05) is 19.1 Å². The van der Waals surface area contributed by atoms with Gasteiger partial charge in [0.15, 0.2) is 9.84 Å². The van der Waals surface area contributed by atoms with Crippen molar-refractivity contribution in [2.75, 3.05) is 6.26 Å². The Balaban J connectivity index is 2.68. The highest BCUT2D eigenvalue weighted by Crippen LogP contribution is 2.11. The van der Waals surface area contributed by atoms with Gasteiger partial charge in [0.2, 0.25) is 5.91 Å². The Bertz CT molecular complexity index is 548. The Morgan fingerprint density at radius 3 is 2.26 bits per heavy atom. The highest BCUT2D eigenvalue weighted by molar-refractivity contribution is 7.90. The highest BCUT2D eigenvalue weighted by Gasteiger charge is 2.25. The first-order valence-corrected chi connectivity index (χ1v) is 7.92. The van der Waals surface area contributed by atoms with Gasteiger partial charge in [-0.15, -0.1) is 0 Å². The summed E-state index contributed by atoms with van der Waals surface area (Å²) < 4.78 is 22.6. The van der Waals surface area contributed by atoms with Crippen LogP contribution in [0.2, 0.25) is 0 Å². The minimum Gasteiger partial charge on any atom is -0.350 e. The second kappa shape index (κ2) is 5.71. The molecule has 0 aliphatic heterocycles. The summed E-state index contributed by atoms with van der Waals surface area (Å²) in [6.07, 6.45) is 1.71. The number of amides is 1. The standard InChI is InChI=1S/C13H20N2O3S/c1-4-13(2,14)12(16)15-9-10-5-7-11(8-6-10)19(3,17)18/h5-8H,4,9,14H2,1-3H3,(H,15,16). The van der Waals surface area contributed by atoms with Crippen LogP contribution >= 0.6 is 0 Å². The molecule has 19 heavy (non-hydrogen) atoms. The molecule has 0 radical (unpaired) electrons. The Morgan fingerprint density at radius 1 is 1.32 bits per heavy atom. The average molecular weight is 284 g/mol. The second-order valence-electron chi connectivity index (χ2n) is 4.87. The Labute approximate surface area is 114 Å². The van der Waals surface area contributed by atoms with Gasteiger partial charge in [0, 0.05) is 12.8 Å². The van der Waals surface area contributed by atoms with Crippen molar-refractivity contribution in [2.24, 2.45) is 5.73 Å². The van der Waals surface area contributed by atoms with Crippen LogP contribution in [0, 0.1) is 0 Å². The zero-order valence-electron chi connectivity index (χ0n) is 11.4. The van der Waals surface area contributed by atoms with Crippen molar-refractivity contribution in [3.63, 3.8) is 0 Å². The van der Waals surface area contributed by atoms with Crippen molar-refractivity contribution in [2.45, 2.75) is 37.2 Å². The predicted octanol–water partition coefficient (Wildman–Crippen LogP) is 0.834. The fourth-order valence-corrected chi connectivity index (χ4v) is 2.03. The van der Waals surface area contributed by atoms with Gasteiger partial charge in [0.1, 0.15) is 0 Å². The summed E-state index contributed by atoms with van der Waals surface area (Å²) in [6, 6.07) is 6.41. The molecule has 6 heteroatoms. The first-order chi connectivity index (χ1) is 8.66. The zero-order chi connectivity index (χ0) is 14.7. The summed E-state index contributed by atoms with van der Waals surface area (Å²) in [4.78, 5) is 12.0. The van der Waals surface area contributed by atoms with Gasteiger partial charge in [-0.2, -0.15) is 0 Å². The van der Waals surface area contributed by atoms with Gasteiger partial charge in [-0.05, 0) is 31.0 Å². The molecule has 0 saturated heterocycles. The molecular formula is C13H20N2O3S. The number of hydrogen-bond acceptors (Lipinski definition) is 4. The molecule has 0 fully saturated rings. The van der Waals surface area contributed by atoms with Crippen LogP contribution in [-0.2, 0) is 21.2 Å². The molecule has 0 saturated carbocycles. The van der Waals surface area contributed by atoms with E-state index >= 15 is 0 Å². The normalized spacial score (nSPS) is 14.7. The monoisotopic (exact) mass is 284 g/mol. The molecule has 0 spiro atoms. The topological polar surface area (TPSA) is 89.3 Å². The Kier molecular flexibility index (Phi) is 4.70. The summed E-state index contributed by atoms with van der Waals surface area (Å²) >= 11 is 0. The lowest BCUT2D eigenvalue weighted by atomic mass is 9.99. The van der Waals surface area contributed by atoms with E-state index < -0.39 is 15.4 Å². The molecule has 1 unspecified atom stereocenters. The minimum absolute atomic E-state index is 0.220. The number of nitrogens with two attached hydrogens (primary N) is 1. The van der Waals surface area contributed by atoms with Crippen LogP contribution in [0.4, 0.5) is 0 Å². The highest BCUT2D eigenvalue weighted by atomic mass is 32.2. The maximum absolute atomic E-state index is 11.8. The molecule has 0 aromatic heterocycles. The third-order valence-electron chi connectivity index (χ3n) is 3.06. The maximum Gasteiger partial charge on any atom is 0.240 e. The van der Waals surface area contributed by atoms with Crippen molar-refractivity contribution in [1.82, 2.24) is 5.32 Å². The summed E-state index contributed by atoms with van der Waals surface area (Å²) in [7, 11) is -3.19. The number of sulfone groups is 1. The number of nitrogens with one attached hydrogen (secondary N) is 1. The van der Waals surface area contributed by atoms with Crippen LogP contribution in [0.1, 0.15) is 25.8 Å². The largest absolute Gasteiger partial charge is 0.350 e. The molecule has 5 nitrogen and oxygen atoms in total. The fourth-order valence-electron chi connectivity index (χ4n) is 1.40. The first kappa shape index (κ1) is 15.7. The average Bonchev–Trinajstić information content (AvgIpc) is 2.35. The molecular weight excluding hydrogens is 264 g/mol. The van der Waals surface area contributed by atoms with E-state index in [2.05, 4.69) is 5.32 Å². The number of rotatable bonds is 5. The molecule has 3 N–H and O–H groups in total. The van der Waals surface area contributed by atoms with Crippen molar-refractivity contribution < 1.29 is 13.2 Å². The van der Waals surface area contributed by atoms with E-state index in [0.29, 0.717) is 13.0 Å². The van der Waals surface area contributed by atoms with Crippen molar-refractivity contribution in [1.29, 1.82) is 0 Å². The lowest BCUT2D eigenvalue weighted by Gasteiger charge is -2.21. The van der Waals surface area contributed by atoms with Crippen LogP contribution in [0.3, 0.4) is 0 Å². The first-order valence-electron chi connectivity index (χ1n) is 6.03. The Hall–Kier alpha value is -1.40. The van der Waals surface area contributed by atoms with Crippen molar-refractivity contribution >= 4 is 15.7 Å². The van der Waals surface area contributed by atoms with Gasteiger partial charge in [0.25, 0.3) is 0 Å². The molecule has 1 aromatic rings. The fraction of sp³-hybridized carbons (Fsp3) is 0.462. The van der Waals surface area contributed by atoms with Gasteiger partial charge in [-0.25, -0.2) is 8.42 Å². The van der Waals surface area contributed by atoms with E-state index in [9.17, 15) is 13.2 Å². The predicted molar refractivity (Wildman–Crippen MR) is 74.3 cm³/mol. The van der Waals surface area contributed by atoms with Gasteiger partial charge < -0.3 is 11.1 Å². The second-order valence-corrected chi connectivity index (χ2v) is 6.89. The van der Waals surface area contributed by atoms with E-state index in [1.54, 1.807) is 19.1 Å². The van der Waals surface area contributed by atoms with E-state index in [-0.39, 0.29) is 10.8 Å². The zero-order valence-corrected chi connectivity index (χ0v) is 12.3. The molecule has 1 amide bonds. The van der Waals surface area contributed by atoms with E-state index in [1.165, 1.54) is 12.1 Å². The Morgan fingerprint density at radius 2 is 1.84 bits per heavy atom. The van der Waals surface area contributed by atoms with Crippen LogP contribution in [-0.4, -0.2) is 26.1 Å². The maximum atomic E-state index is 11.8. The van der Waals surface area contributed by atoms with E-state index in [1.807, 2.05) is 6.92 Å². The minimum atomic E-state index is -3.19. The third kappa shape index (κ3) is 4.33. The van der Waals surface area contributed by atoms with Gasteiger partial charge in [-0.3, -0.25) is 4.79 Å². The van der Waals surface area contributed by atoms with Crippen molar-refractivity contribution in [3.8, 4) is 0 Å². The van der Waals surface area contributed by atoms with Gasteiger partial charge >= 0.3 is 0 Å². The molecule has 0 heterocycles. The molecule has 1 atom stereocenters. The number of carbonyl (C=O) groups is 1. The number of hydrogen-bond donors (Lipinski definition) is 2. The van der Waals surface area contributed by atoms with Crippen LogP contribution in [0.5, 0.6) is 0 Å². The van der Waals surface area contributed by atoms with E-state index in [0.717, 1.165) is 11.8 Å². The van der Waals surface area contributed by atoms with E-state index in [4.69, 9.17) is 5.73 Å². The summed E-state index contributed by atoms with van der Waals surface area (Å²) in [6.45, 7) is 3.85. The van der Waals surface area contributed by atoms with Crippen LogP contribution in [0.25, 0.3) is 0 Å². The van der Waals surface area contributed by atoms with Crippen LogP contribution in [0.15, 0.2) is 29.2 Å². The molecule has 1 aromatic carbocycles. The molecule has 0 aliphatic carbocycles. The smallest absolute Gasteiger partial charge is 0.240 e. The number of carbonyl (C=O) groups excluding carboxylic acids is 1. The quantitative estimate of drug-likeness (QED) is 0.838. The summed E-state index contributed by atoms with van der Waals surface area (Å²) in [5, 5.41) is 2.73. The third-order valence-corrected chi connectivity index (χ3v) is 4.19. The SMILES string of the molecule is CCC(C)(N)C(=O)NCc1ccc(S(C)(=O)=O)cc1. The molecule has 0 aliphatic rings. The van der Waals surface area contributed by atoms with Gasteiger partial charge in [0.05, 0.1) is 10.4 Å². The van der Waals surface area contributed by atoms with Crippen LogP contribution < -0.4 is 11.1 Å².